The number of carbonyl (C=O) groups is 3. The number of aryl methyl sites for hydroxylation is 2. The third-order valence-electron chi connectivity index (χ3n) is 7.45. The monoisotopic (exact) mass is 633 g/mol. The Labute approximate surface area is 271 Å². The summed E-state index contributed by atoms with van der Waals surface area (Å²) in [5.74, 6) is -0.727. The molecule has 0 heterocycles. The van der Waals surface area contributed by atoms with Crippen molar-refractivity contribution in [1.29, 1.82) is 0 Å². The highest BCUT2D eigenvalue weighted by Crippen LogP contribution is 2.28. The van der Waals surface area contributed by atoms with Crippen molar-refractivity contribution >= 4 is 23.5 Å². The van der Waals surface area contributed by atoms with Gasteiger partial charge in [-0.25, -0.2) is 4.79 Å². The molecule has 46 heavy (non-hydrogen) atoms. The Morgan fingerprint density at radius 3 is 2.09 bits per heavy atom. The van der Waals surface area contributed by atoms with E-state index in [0.29, 0.717) is 34.9 Å². The number of rotatable bonds is 14. The van der Waals surface area contributed by atoms with Gasteiger partial charge in [0.25, 0.3) is 0 Å². The fraction of sp³-hybridized carbons (Fsp3) is 0.343. The molecule has 248 valence electrons. The minimum Gasteiger partial charge on any atom is -0.493 e. The Morgan fingerprint density at radius 2 is 1.52 bits per heavy atom. The van der Waals surface area contributed by atoms with Crippen LogP contribution < -0.4 is 32.0 Å². The highest BCUT2D eigenvalue weighted by Gasteiger charge is 2.27. The van der Waals surface area contributed by atoms with Gasteiger partial charge in [0, 0.05) is 30.9 Å². The third-order valence-corrected chi connectivity index (χ3v) is 7.45. The molecule has 11 nitrogen and oxygen atoms in total. The molecule has 0 aliphatic carbocycles. The molecular weight excluding hydrogens is 586 g/mol. The van der Waals surface area contributed by atoms with Crippen LogP contribution >= 0.6 is 0 Å². The fourth-order valence-corrected chi connectivity index (χ4v) is 4.97. The van der Waals surface area contributed by atoms with Crippen molar-refractivity contribution in [2.75, 3.05) is 20.8 Å². The van der Waals surface area contributed by atoms with Crippen LogP contribution in [0.25, 0.3) is 5.70 Å². The number of hydrogen-bond acceptors (Lipinski definition) is 8. The van der Waals surface area contributed by atoms with Crippen LogP contribution in [0.5, 0.6) is 11.5 Å². The van der Waals surface area contributed by atoms with Crippen LogP contribution in [0.3, 0.4) is 0 Å². The molecule has 2 atom stereocenters. The zero-order valence-corrected chi connectivity index (χ0v) is 27.7. The second-order valence-electron chi connectivity index (χ2n) is 10.7. The van der Waals surface area contributed by atoms with Crippen molar-refractivity contribution in [2.45, 2.75) is 59.7 Å². The summed E-state index contributed by atoms with van der Waals surface area (Å²) in [7, 11) is 3.10. The number of ether oxygens (including phenoxy) is 2. The van der Waals surface area contributed by atoms with Gasteiger partial charge in [0.15, 0.2) is 11.5 Å². The summed E-state index contributed by atoms with van der Waals surface area (Å²) >= 11 is 0. The maximum Gasteiger partial charge on any atom is 0.335 e. The van der Waals surface area contributed by atoms with Gasteiger partial charge >= 0.3 is 5.97 Å². The number of nitrogens with one attached hydrogen (secondary N) is 1. The summed E-state index contributed by atoms with van der Waals surface area (Å²) in [6.45, 7) is 10.2. The summed E-state index contributed by atoms with van der Waals surface area (Å²) < 4.78 is 10.8. The van der Waals surface area contributed by atoms with E-state index in [-0.39, 0.29) is 30.5 Å². The van der Waals surface area contributed by atoms with Gasteiger partial charge in [-0.15, -0.1) is 0 Å². The average molecular weight is 634 g/mol. The second kappa shape index (κ2) is 17.5. The largest absolute Gasteiger partial charge is 0.493 e. The molecule has 0 saturated carbocycles. The van der Waals surface area contributed by atoms with Crippen LogP contribution in [0.2, 0.25) is 0 Å². The molecule has 1 unspecified atom stereocenters. The lowest BCUT2D eigenvalue weighted by molar-refractivity contribution is -0.135. The number of carboxylic acid groups (broad SMARTS) is 1. The highest BCUT2D eigenvalue weighted by molar-refractivity contribution is 5.93. The number of amides is 2. The molecule has 0 spiro atoms. The minimum atomic E-state index is -1.05. The molecule has 0 radical (unpaired) electrons. The molecule has 0 fully saturated rings. The van der Waals surface area contributed by atoms with E-state index in [0.717, 1.165) is 22.3 Å². The van der Waals surface area contributed by atoms with Crippen LogP contribution in [0, 0.1) is 13.8 Å². The Morgan fingerprint density at radius 1 is 0.913 bits per heavy atom. The Kier molecular flexibility index (Phi) is 14.1. The van der Waals surface area contributed by atoms with Gasteiger partial charge in [-0.1, -0.05) is 32.0 Å². The standard InChI is InChI=1S/C33H41N5O6.C2H6/c1-19-11-25(31(36)39)12-20(2)26(19)15-27(34)32(40)38(18-22-9-10-29(43-4)30(13-22)44-5)21(3)16-37-17-28(35)23-7-6-8-24(14-23)33(41)42;1-2/h6-14,17,21,27,37H,15-16,18,34-35H2,1-5H3,(H2,36,39)(H,41,42);1-2H3/b28-17-;/t21?,27-;/m0./s1. The van der Waals surface area contributed by atoms with E-state index in [4.69, 9.17) is 26.7 Å². The molecule has 3 aromatic carbocycles. The topological polar surface area (TPSA) is 183 Å². The molecule has 0 aliphatic rings. The number of benzene rings is 3. The smallest absolute Gasteiger partial charge is 0.335 e. The lowest BCUT2D eigenvalue weighted by Gasteiger charge is -2.32. The lowest BCUT2D eigenvalue weighted by atomic mass is 9.93. The number of methoxy groups -OCH3 is 2. The van der Waals surface area contributed by atoms with Crippen molar-refractivity contribution in [3.8, 4) is 11.5 Å². The first-order valence-electron chi connectivity index (χ1n) is 15.1. The van der Waals surface area contributed by atoms with Crippen LogP contribution in [-0.4, -0.2) is 60.6 Å². The van der Waals surface area contributed by atoms with E-state index in [2.05, 4.69) is 5.32 Å². The summed E-state index contributed by atoms with van der Waals surface area (Å²) in [5, 5.41) is 12.4. The van der Waals surface area contributed by atoms with Gasteiger partial charge in [-0.2, -0.15) is 0 Å². The number of nitrogens with two attached hydrogens (primary N) is 3. The predicted octanol–water partition coefficient (Wildman–Crippen LogP) is 3.98. The van der Waals surface area contributed by atoms with Crippen LogP contribution in [0.4, 0.5) is 0 Å². The van der Waals surface area contributed by atoms with E-state index in [9.17, 15) is 19.5 Å². The zero-order valence-electron chi connectivity index (χ0n) is 27.7. The normalized spacial score (nSPS) is 12.2. The Balaban J connectivity index is 0.00000361. The van der Waals surface area contributed by atoms with Crippen molar-refractivity contribution in [3.05, 3.63) is 99.7 Å². The summed E-state index contributed by atoms with van der Waals surface area (Å²) in [4.78, 5) is 38.7. The van der Waals surface area contributed by atoms with Crippen molar-refractivity contribution in [1.82, 2.24) is 10.2 Å². The first kappa shape index (κ1) is 37.2. The first-order chi connectivity index (χ1) is 21.9. The molecule has 3 aromatic rings. The molecule has 0 aromatic heterocycles. The average Bonchev–Trinajstić information content (AvgIpc) is 3.05. The van der Waals surface area contributed by atoms with Crippen molar-refractivity contribution < 1.29 is 29.0 Å². The van der Waals surface area contributed by atoms with Gasteiger partial charge in [0.05, 0.1) is 31.5 Å². The Bertz CT molecular complexity index is 1530. The zero-order chi connectivity index (χ0) is 34.6. The molecule has 0 saturated heterocycles. The third kappa shape index (κ3) is 9.73. The molecule has 2 amide bonds. The first-order valence-corrected chi connectivity index (χ1v) is 15.1. The molecule has 0 aliphatic heterocycles. The van der Waals surface area contributed by atoms with Gasteiger partial charge < -0.3 is 42.0 Å². The number of carboxylic acids is 1. The van der Waals surface area contributed by atoms with Gasteiger partial charge in [-0.3, -0.25) is 9.59 Å². The number of carbonyl (C=O) groups excluding carboxylic acids is 2. The fourth-order valence-electron chi connectivity index (χ4n) is 4.97. The van der Waals surface area contributed by atoms with Crippen molar-refractivity contribution in [3.63, 3.8) is 0 Å². The van der Waals surface area contributed by atoms with E-state index in [1.54, 1.807) is 55.7 Å². The van der Waals surface area contributed by atoms with Crippen LogP contribution in [0.1, 0.15) is 69.3 Å². The SMILES string of the molecule is CC.COc1ccc(CN(C(=O)[C@@H](N)Cc2c(C)cc(C(N)=O)cc2C)C(C)CN/C=C(\N)c2cccc(C(=O)O)c2)cc1OC. The lowest BCUT2D eigenvalue weighted by Crippen LogP contribution is -2.50. The van der Waals surface area contributed by atoms with Crippen LogP contribution in [0.15, 0.2) is 60.8 Å². The molecule has 3 rings (SSSR count). The summed E-state index contributed by atoms with van der Waals surface area (Å²) in [6, 6.07) is 14.0. The van der Waals surface area contributed by atoms with Gasteiger partial charge in [-0.05, 0) is 91.4 Å². The number of primary amides is 1. The number of nitrogens with zero attached hydrogens (tertiary/aromatic N) is 1. The molecule has 0 bridgehead atoms. The molecule has 8 N–H and O–H groups in total. The van der Waals surface area contributed by atoms with E-state index < -0.39 is 17.9 Å². The Hall–Kier alpha value is -5.03. The second-order valence-corrected chi connectivity index (χ2v) is 10.7. The van der Waals surface area contributed by atoms with Crippen LogP contribution in [-0.2, 0) is 17.8 Å². The number of aromatic carboxylic acids is 1. The highest BCUT2D eigenvalue weighted by atomic mass is 16.5. The van der Waals surface area contributed by atoms with Gasteiger partial charge in [0.1, 0.15) is 0 Å². The molecular formula is C35H47N5O6. The van der Waals surface area contributed by atoms with E-state index in [1.165, 1.54) is 12.1 Å². The van der Waals surface area contributed by atoms with E-state index >= 15 is 0 Å². The van der Waals surface area contributed by atoms with Crippen molar-refractivity contribution in [2.24, 2.45) is 17.2 Å². The maximum atomic E-state index is 13.9. The maximum absolute atomic E-state index is 13.9. The van der Waals surface area contributed by atoms with Gasteiger partial charge in [0.2, 0.25) is 11.8 Å². The summed E-state index contributed by atoms with van der Waals surface area (Å²) in [6.07, 6.45) is 1.86. The number of hydrogen-bond donors (Lipinski definition) is 5. The summed E-state index contributed by atoms with van der Waals surface area (Å²) in [5.41, 5.74) is 23.0. The minimum absolute atomic E-state index is 0.127. The predicted molar refractivity (Wildman–Crippen MR) is 181 cm³/mol. The van der Waals surface area contributed by atoms with E-state index in [1.807, 2.05) is 46.8 Å². The molecule has 11 heteroatoms. The quantitative estimate of drug-likeness (QED) is 0.175.